The maximum absolute atomic E-state index is 12.0. The zero-order valence-electron chi connectivity index (χ0n) is 12.5. The van der Waals surface area contributed by atoms with Gasteiger partial charge in [-0.25, -0.2) is 0 Å². The summed E-state index contributed by atoms with van der Waals surface area (Å²) in [6, 6.07) is 0. The van der Waals surface area contributed by atoms with Gasteiger partial charge < -0.3 is 15.5 Å². The van der Waals surface area contributed by atoms with E-state index in [1.165, 1.54) is 0 Å². The van der Waals surface area contributed by atoms with Gasteiger partial charge in [0.05, 0.1) is 11.5 Å². The van der Waals surface area contributed by atoms with Crippen LogP contribution < -0.4 is 5.32 Å². The van der Waals surface area contributed by atoms with Gasteiger partial charge in [0.25, 0.3) is 0 Å². The molecule has 0 heterocycles. The minimum Gasteiger partial charge on any atom is -0.481 e. The van der Waals surface area contributed by atoms with Gasteiger partial charge in [0.1, 0.15) is 0 Å². The quantitative estimate of drug-likeness (QED) is 0.667. The largest absolute Gasteiger partial charge is 0.481 e. The molecule has 0 aromatic carbocycles. The molecule has 0 spiro atoms. The lowest BCUT2D eigenvalue weighted by Crippen LogP contribution is -2.40. The van der Waals surface area contributed by atoms with Crippen LogP contribution in [0.1, 0.15) is 58.8 Å². The predicted octanol–water partition coefficient (Wildman–Crippen LogP) is 1.93. The normalized spacial score (nSPS) is 23.4. The number of carboxylic acids is 1. The first kappa shape index (κ1) is 17.0. The molecule has 1 fully saturated rings. The van der Waals surface area contributed by atoms with E-state index < -0.39 is 11.4 Å². The summed E-state index contributed by atoms with van der Waals surface area (Å²) in [5, 5.41) is 22.0. The second-order valence-electron chi connectivity index (χ2n) is 5.89. The molecule has 116 valence electrons. The molecule has 0 saturated heterocycles. The molecule has 3 N–H and O–H groups in total. The molecule has 0 aliphatic heterocycles. The van der Waals surface area contributed by atoms with Gasteiger partial charge in [0.2, 0.25) is 5.91 Å². The van der Waals surface area contributed by atoms with Crippen molar-refractivity contribution in [1.29, 1.82) is 0 Å². The predicted molar refractivity (Wildman–Crippen MR) is 76.2 cm³/mol. The van der Waals surface area contributed by atoms with Crippen molar-refractivity contribution in [3.05, 3.63) is 0 Å². The molecule has 1 rings (SSSR count). The topological polar surface area (TPSA) is 86.6 Å². The van der Waals surface area contributed by atoms with Crippen molar-refractivity contribution >= 4 is 11.9 Å². The molecule has 2 unspecified atom stereocenters. The molecule has 1 amide bonds. The molecule has 0 bridgehead atoms. The van der Waals surface area contributed by atoms with Crippen molar-refractivity contribution in [3.8, 4) is 0 Å². The van der Waals surface area contributed by atoms with E-state index in [1.54, 1.807) is 13.8 Å². The van der Waals surface area contributed by atoms with E-state index in [4.69, 9.17) is 0 Å². The van der Waals surface area contributed by atoms with Gasteiger partial charge in [0.15, 0.2) is 0 Å². The number of carbonyl (C=O) groups is 2. The van der Waals surface area contributed by atoms with Crippen LogP contribution in [0.5, 0.6) is 0 Å². The minimum absolute atomic E-state index is 0.0121. The Morgan fingerprint density at radius 3 is 2.30 bits per heavy atom. The van der Waals surface area contributed by atoms with Crippen LogP contribution in [0, 0.1) is 11.3 Å². The Morgan fingerprint density at radius 2 is 1.80 bits per heavy atom. The fraction of sp³-hybridized carbons (Fsp3) is 0.867. The first-order chi connectivity index (χ1) is 9.45. The highest BCUT2D eigenvalue weighted by Gasteiger charge is 2.37. The van der Waals surface area contributed by atoms with E-state index in [-0.39, 0.29) is 24.3 Å². The number of aliphatic carboxylic acids is 1. The molecule has 5 heteroatoms. The van der Waals surface area contributed by atoms with Crippen LogP contribution in [0.15, 0.2) is 0 Å². The van der Waals surface area contributed by atoms with Crippen molar-refractivity contribution in [2.75, 3.05) is 6.54 Å². The summed E-state index contributed by atoms with van der Waals surface area (Å²) in [7, 11) is 0. The minimum atomic E-state index is -0.963. The zero-order valence-corrected chi connectivity index (χ0v) is 12.5. The third kappa shape index (κ3) is 4.20. The summed E-state index contributed by atoms with van der Waals surface area (Å²) in [4.78, 5) is 23.3. The van der Waals surface area contributed by atoms with Crippen LogP contribution in [0.25, 0.3) is 0 Å². The van der Waals surface area contributed by atoms with E-state index in [0.29, 0.717) is 19.4 Å². The number of rotatable bonds is 7. The highest BCUT2D eigenvalue weighted by molar-refractivity contribution is 5.84. The molecular weight excluding hydrogens is 258 g/mol. The van der Waals surface area contributed by atoms with E-state index in [0.717, 1.165) is 25.7 Å². The first-order valence-electron chi connectivity index (χ1n) is 7.63. The third-order valence-electron chi connectivity index (χ3n) is 4.74. The number of hydrogen-bond donors (Lipinski definition) is 3. The second kappa shape index (κ2) is 7.62. The Balaban J connectivity index is 2.48. The first-order valence-corrected chi connectivity index (χ1v) is 7.63. The van der Waals surface area contributed by atoms with E-state index in [9.17, 15) is 19.8 Å². The standard InChI is InChI=1S/C15H27NO4/c1-3-15(4-2,14(19)20)9-13(18)16-10-11-7-5-6-8-12(11)17/h11-12,17H,3-10H2,1-2H3,(H,16,18)(H,19,20). The SMILES string of the molecule is CCC(CC)(CC(=O)NCC1CCCCC1O)C(=O)O. The highest BCUT2D eigenvalue weighted by Crippen LogP contribution is 2.31. The molecule has 1 aliphatic carbocycles. The molecule has 1 saturated carbocycles. The molecular formula is C15H27NO4. The number of carboxylic acid groups (broad SMARTS) is 1. The van der Waals surface area contributed by atoms with Gasteiger partial charge in [-0.1, -0.05) is 26.7 Å². The van der Waals surface area contributed by atoms with Crippen LogP contribution >= 0.6 is 0 Å². The van der Waals surface area contributed by atoms with Gasteiger partial charge >= 0.3 is 5.97 Å². The maximum Gasteiger partial charge on any atom is 0.310 e. The summed E-state index contributed by atoms with van der Waals surface area (Å²) in [6.45, 7) is 4.05. The average Bonchev–Trinajstić information content (AvgIpc) is 2.43. The van der Waals surface area contributed by atoms with Crippen LogP contribution in [0.4, 0.5) is 0 Å². The summed E-state index contributed by atoms with van der Waals surface area (Å²) in [5.41, 5.74) is -0.963. The van der Waals surface area contributed by atoms with Gasteiger partial charge in [-0.2, -0.15) is 0 Å². The van der Waals surface area contributed by atoms with Crippen molar-refractivity contribution in [2.24, 2.45) is 11.3 Å². The van der Waals surface area contributed by atoms with Gasteiger partial charge in [-0.3, -0.25) is 9.59 Å². The van der Waals surface area contributed by atoms with E-state index in [2.05, 4.69) is 5.32 Å². The number of nitrogens with one attached hydrogen (secondary N) is 1. The van der Waals surface area contributed by atoms with Crippen LogP contribution in [-0.4, -0.2) is 34.7 Å². The molecule has 0 aromatic rings. The van der Waals surface area contributed by atoms with Crippen molar-refractivity contribution in [2.45, 2.75) is 64.9 Å². The maximum atomic E-state index is 12.0. The Hall–Kier alpha value is -1.10. The van der Waals surface area contributed by atoms with Crippen molar-refractivity contribution < 1.29 is 19.8 Å². The van der Waals surface area contributed by atoms with Gasteiger partial charge in [-0.15, -0.1) is 0 Å². The lowest BCUT2D eigenvalue weighted by atomic mass is 9.79. The van der Waals surface area contributed by atoms with E-state index >= 15 is 0 Å². The summed E-state index contributed by atoms with van der Waals surface area (Å²) < 4.78 is 0. The Kier molecular flexibility index (Phi) is 6.46. The van der Waals surface area contributed by atoms with Crippen LogP contribution in [-0.2, 0) is 9.59 Å². The van der Waals surface area contributed by atoms with Crippen molar-refractivity contribution in [3.63, 3.8) is 0 Å². The third-order valence-corrected chi connectivity index (χ3v) is 4.74. The smallest absolute Gasteiger partial charge is 0.310 e. The van der Waals surface area contributed by atoms with Crippen LogP contribution in [0.3, 0.4) is 0 Å². The fourth-order valence-corrected chi connectivity index (χ4v) is 2.92. The van der Waals surface area contributed by atoms with Crippen molar-refractivity contribution in [1.82, 2.24) is 5.32 Å². The number of amides is 1. The highest BCUT2D eigenvalue weighted by atomic mass is 16.4. The Bertz CT molecular complexity index is 339. The molecule has 1 aliphatic rings. The van der Waals surface area contributed by atoms with Crippen LogP contribution in [0.2, 0.25) is 0 Å². The number of aliphatic hydroxyl groups excluding tert-OH is 1. The number of hydrogen-bond acceptors (Lipinski definition) is 3. The summed E-state index contributed by atoms with van der Waals surface area (Å²) in [5.74, 6) is -1.03. The Labute approximate surface area is 120 Å². The Morgan fingerprint density at radius 1 is 1.20 bits per heavy atom. The second-order valence-corrected chi connectivity index (χ2v) is 5.89. The summed E-state index contributed by atoms with van der Waals surface area (Å²) in [6.07, 6.45) is 4.40. The molecule has 0 aromatic heterocycles. The lowest BCUT2D eigenvalue weighted by Gasteiger charge is -2.29. The lowest BCUT2D eigenvalue weighted by molar-refractivity contribution is -0.152. The van der Waals surface area contributed by atoms with E-state index in [1.807, 2.05) is 0 Å². The number of aliphatic hydroxyl groups is 1. The average molecular weight is 285 g/mol. The van der Waals surface area contributed by atoms with Gasteiger partial charge in [-0.05, 0) is 25.7 Å². The molecule has 20 heavy (non-hydrogen) atoms. The molecule has 5 nitrogen and oxygen atoms in total. The molecule has 0 radical (unpaired) electrons. The summed E-state index contributed by atoms with van der Waals surface area (Å²) >= 11 is 0. The fourth-order valence-electron chi connectivity index (χ4n) is 2.92. The number of carbonyl (C=O) groups excluding carboxylic acids is 1. The van der Waals surface area contributed by atoms with Gasteiger partial charge in [0, 0.05) is 18.9 Å². The monoisotopic (exact) mass is 285 g/mol. The molecule has 2 atom stereocenters. The zero-order chi connectivity index (χ0) is 15.2.